The van der Waals surface area contributed by atoms with Crippen LogP contribution in [0.5, 0.6) is 0 Å². The number of carbonyl (C=O) groups is 1. The van der Waals surface area contributed by atoms with Gasteiger partial charge in [-0.3, -0.25) is 9.69 Å². The summed E-state index contributed by atoms with van der Waals surface area (Å²) in [6, 6.07) is 12.5. The average molecular weight is 349 g/mol. The lowest BCUT2D eigenvalue weighted by molar-refractivity contribution is -0.143. The number of nitrogens with zero attached hydrogens (tertiary/aromatic N) is 2. The van der Waals surface area contributed by atoms with E-state index in [-0.39, 0.29) is 5.82 Å². The lowest BCUT2D eigenvalue weighted by atomic mass is 10.0. The maximum Gasteiger partial charge on any atom is 0.325 e. The van der Waals surface area contributed by atoms with Gasteiger partial charge in [-0.25, -0.2) is 4.39 Å². The van der Waals surface area contributed by atoms with E-state index in [9.17, 15) is 14.3 Å². The molecule has 0 radical (unpaired) electrons. The predicted octanol–water partition coefficient (Wildman–Crippen LogP) is 3.43. The second-order valence-corrected chi connectivity index (χ2v) is 6.17. The molecule has 1 fully saturated rings. The molecule has 0 spiro atoms. The second kappa shape index (κ2) is 7.20. The molecule has 2 aromatic rings. The van der Waals surface area contributed by atoms with Crippen molar-refractivity contribution in [3.05, 3.63) is 64.9 Å². The van der Waals surface area contributed by atoms with Crippen LogP contribution in [-0.4, -0.2) is 42.2 Å². The summed E-state index contributed by atoms with van der Waals surface area (Å²) < 4.78 is 13.1. The average Bonchev–Trinajstić information content (AvgIpc) is 2.58. The molecule has 0 unspecified atom stereocenters. The van der Waals surface area contributed by atoms with Crippen molar-refractivity contribution in [2.75, 3.05) is 31.1 Å². The monoisotopic (exact) mass is 348 g/mol. The van der Waals surface area contributed by atoms with Gasteiger partial charge < -0.3 is 10.0 Å². The molecule has 3 rings (SSSR count). The Morgan fingerprint density at radius 1 is 1.04 bits per heavy atom. The van der Waals surface area contributed by atoms with Crippen LogP contribution in [0.1, 0.15) is 11.6 Å². The van der Waals surface area contributed by atoms with E-state index >= 15 is 0 Å². The molecule has 0 saturated carbocycles. The van der Waals surface area contributed by atoms with Crippen LogP contribution in [0.3, 0.4) is 0 Å². The summed E-state index contributed by atoms with van der Waals surface area (Å²) in [6.07, 6.45) is 0. The highest BCUT2D eigenvalue weighted by Crippen LogP contribution is 2.28. The first-order chi connectivity index (χ1) is 11.6. The van der Waals surface area contributed by atoms with Crippen LogP contribution in [0.4, 0.5) is 10.1 Å². The van der Waals surface area contributed by atoms with Gasteiger partial charge in [0.1, 0.15) is 11.9 Å². The molecule has 1 saturated heterocycles. The zero-order valence-corrected chi connectivity index (χ0v) is 13.8. The summed E-state index contributed by atoms with van der Waals surface area (Å²) >= 11 is 6.23. The Labute approximate surface area is 145 Å². The Hall–Kier alpha value is -2.11. The number of carboxylic acid groups (broad SMARTS) is 1. The van der Waals surface area contributed by atoms with Crippen molar-refractivity contribution < 1.29 is 14.3 Å². The van der Waals surface area contributed by atoms with E-state index in [1.807, 2.05) is 29.2 Å². The van der Waals surface area contributed by atoms with E-state index in [4.69, 9.17) is 11.6 Å². The van der Waals surface area contributed by atoms with Crippen LogP contribution in [0.25, 0.3) is 0 Å². The molecule has 0 amide bonds. The Bertz CT molecular complexity index is 715. The molecule has 0 aliphatic carbocycles. The number of hydrogen-bond donors (Lipinski definition) is 1. The van der Waals surface area contributed by atoms with Gasteiger partial charge in [-0.15, -0.1) is 0 Å². The van der Waals surface area contributed by atoms with Gasteiger partial charge in [0.2, 0.25) is 0 Å². The van der Waals surface area contributed by atoms with Crippen molar-refractivity contribution in [3.63, 3.8) is 0 Å². The Balaban J connectivity index is 1.73. The van der Waals surface area contributed by atoms with Gasteiger partial charge in [0.25, 0.3) is 0 Å². The molecular weight excluding hydrogens is 331 g/mol. The van der Waals surface area contributed by atoms with Crippen LogP contribution >= 0.6 is 11.6 Å². The zero-order valence-electron chi connectivity index (χ0n) is 13.0. The van der Waals surface area contributed by atoms with Crippen LogP contribution in [0, 0.1) is 5.82 Å². The molecule has 24 heavy (non-hydrogen) atoms. The second-order valence-electron chi connectivity index (χ2n) is 5.77. The third-order valence-corrected chi connectivity index (χ3v) is 4.61. The third kappa shape index (κ3) is 3.52. The number of rotatable bonds is 4. The fraction of sp³-hybridized carbons (Fsp3) is 0.278. The van der Waals surface area contributed by atoms with Crippen molar-refractivity contribution in [1.29, 1.82) is 0 Å². The van der Waals surface area contributed by atoms with Gasteiger partial charge >= 0.3 is 5.97 Å². The van der Waals surface area contributed by atoms with E-state index in [2.05, 4.69) is 4.90 Å². The summed E-state index contributed by atoms with van der Waals surface area (Å²) in [5.41, 5.74) is 1.56. The molecule has 1 aliphatic rings. The highest BCUT2D eigenvalue weighted by Gasteiger charge is 2.30. The van der Waals surface area contributed by atoms with Gasteiger partial charge in [0, 0.05) is 26.2 Å². The van der Waals surface area contributed by atoms with E-state index in [0.29, 0.717) is 36.8 Å². The first kappa shape index (κ1) is 16.7. The molecule has 2 aromatic carbocycles. The summed E-state index contributed by atoms with van der Waals surface area (Å²) in [6.45, 7) is 2.57. The van der Waals surface area contributed by atoms with E-state index in [1.165, 1.54) is 24.3 Å². The van der Waals surface area contributed by atoms with Gasteiger partial charge in [0.15, 0.2) is 0 Å². The maximum atomic E-state index is 13.1. The van der Waals surface area contributed by atoms with Crippen LogP contribution in [0.2, 0.25) is 5.02 Å². The zero-order chi connectivity index (χ0) is 17.1. The summed E-state index contributed by atoms with van der Waals surface area (Å²) in [5, 5.41) is 10.3. The smallest absolute Gasteiger partial charge is 0.325 e. The standard InChI is InChI=1S/C18H18ClFN2O2/c19-15-3-1-2-4-16(15)21-9-11-22(12-10-21)17(18(23)24)13-5-7-14(20)8-6-13/h1-8,17H,9-12H2,(H,23,24)/t17-/m1/s1. The van der Waals surface area contributed by atoms with Crippen LogP contribution < -0.4 is 4.90 Å². The van der Waals surface area contributed by atoms with Gasteiger partial charge in [-0.05, 0) is 29.8 Å². The fourth-order valence-electron chi connectivity index (χ4n) is 3.08. The van der Waals surface area contributed by atoms with E-state index in [1.54, 1.807) is 0 Å². The number of hydrogen-bond acceptors (Lipinski definition) is 3. The molecule has 1 atom stereocenters. The minimum absolute atomic E-state index is 0.369. The Kier molecular flexibility index (Phi) is 5.02. The molecule has 126 valence electrons. The van der Waals surface area contributed by atoms with Crippen molar-refractivity contribution in [3.8, 4) is 0 Å². The lowest BCUT2D eigenvalue weighted by Gasteiger charge is -2.39. The minimum atomic E-state index is -0.923. The molecule has 4 nitrogen and oxygen atoms in total. The molecule has 1 aliphatic heterocycles. The van der Waals surface area contributed by atoms with E-state index in [0.717, 1.165) is 5.69 Å². The minimum Gasteiger partial charge on any atom is -0.480 e. The SMILES string of the molecule is O=C(O)[C@@H](c1ccc(F)cc1)N1CCN(c2ccccc2Cl)CC1. The third-order valence-electron chi connectivity index (χ3n) is 4.29. The number of aliphatic carboxylic acids is 1. The first-order valence-corrected chi connectivity index (χ1v) is 8.16. The van der Waals surface area contributed by atoms with Crippen LogP contribution in [-0.2, 0) is 4.79 Å². The predicted molar refractivity (Wildman–Crippen MR) is 92.0 cm³/mol. The molecule has 0 bridgehead atoms. The van der Waals surface area contributed by atoms with Crippen molar-refractivity contribution >= 4 is 23.3 Å². The maximum absolute atomic E-state index is 13.1. The quantitative estimate of drug-likeness (QED) is 0.919. The number of piperazine rings is 1. The van der Waals surface area contributed by atoms with Crippen molar-refractivity contribution in [2.45, 2.75) is 6.04 Å². The van der Waals surface area contributed by atoms with Crippen LogP contribution in [0.15, 0.2) is 48.5 Å². The lowest BCUT2D eigenvalue weighted by Crippen LogP contribution is -2.49. The van der Waals surface area contributed by atoms with Crippen molar-refractivity contribution in [1.82, 2.24) is 4.90 Å². The molecular formula is C18H18ClFN2O2. The first-order valence-electron chi connectivity index (χ1n) is 7.78. The Morgan fingerprint density at radius 3 is 2.25 bits per heavy atom. The molecule has 6 heteroatoms. The van der Waals surface area contributed by atoms with E-state index < -0.39 is 12.0 Å². The number of benzene rings is 2. The molecule has 0 aromatic heterocycles. The van der Waals surface area contributed by atoms with Gasteiger partial charge in [0.05, 0.1) is 10.7 Å². The summed E-state index contributed by atoms with van der Waals surface area (Å²) in [4.78, 5) is 15.8. The highest BCUT2D eigenvalue weighted by atomic mass is 35.5. The summed E-state index contributed by atoms with van der Waals surface area (Å²) in [5.74, 6) is -1.29. The summed E-state index contributed by atoms with van der Waals surface area (Å²) in [7, 11) is 0. The number of halogens is 2. The molecule has 1 heterocycles. The van der Waals surface area contributed by atoms with Crippen molar-refractivity contribution in [2.24, 2.45) is 0 Å². The van der Waals surface area contributed by atoms with Gasteiger partial charge in [-0.1, -0.05) is 35.9 Å². The number of carboxylic acids is 1. The topological polar surface area (TPSA) is 43.8 Å². The number of para-hydroxylation sites is 1. The molecule has 1 N–H and O–H groups in total. The number of anilines is 1. The Morgan fingerprint density at radius 2 is 1.67 bits per heavy atom. The highest BCUT2D eigenvalue weighted by molar-refractivity contribution is 6.33. The normalized spacial score (nSPS) is 16.8. The largest absolute Gasteiger partial charge is 0.480 e. The fourth-order valence-corrected chi connectivity index (χ4v) is 3.34. The van der Waals surface area contributed by atoms with Gasteiger partial charge in [-0.2, -0.15) is 0 Å².